The molecule has 0 spiro atoms. The fourth-order valence-corrected chi connectivity index (χ4v) is 2.94. The fraction of sp³-hybridized carbons (Fsp3) is 0.455. The number of benzene rings is 1. The van der Waals surface area contributed by atoms with Crippen LogP contribution in [0, 0.1) is 0 Å². The fourth-order valence-electron chi connectivity index (χ4n) is 2.37. The molecular weight excluding hydrogens is 207 g/mol. The smallest absolute Gasteiger partial charge is 0.0933 e. The third-order valence-corrected chi connectivity index (χ3v) is 3.56. The van der Waals surface area contributed by atoms with E-state index in [-0.39, 0.29) is 5.28 Å². The molecule has 0 aliphatic heterocycles. The zero-order valence-corrected chi connectivity index (χ0v) is 9.86. The van der Waals surface area contributed by atoms with Crippen molar-refractivity contribution >= 4 is 9.24 Å². The van der Waals surface area contributed by atoms with E-state index in [1.807, 2.05) is 12.1 Å². The minimum atomic E-state index is -0.317. The largest absolute Gasteiger partial charge is 0.318 e. The molecule has 0 heterocycles. The molecule has 0 saturated carbocycles. The predicted molar refractivity (Wildman–Crippen MR) is 63.9 cm³/mol. The maximum Gasteiger partial charge on any atom is 0.0933 e. The zero-order chi connectivity index (χ0) is 10.9. The molecule has 0 saturated heterocycles. The average molecular weight is 224 g/mol. The highest BCUT2D eigenvalue weighted by atomic mass is 31.0. The summed E-state index contributed by atoms with van der Waals surface area (Å²) in [6.07, 6.45) is 3.23. The Labute approximate surface area is 92.3 Å². The molecule has 0 amide bonds. The SMILES string of the molecule is NOCc1cccc2c1C(N)(P)CCC2. The molecule has 82 valence electrons. The summed E-state index contributed by atoms with van der Waals surface area (Å²) in [6, 6.07) is 6.21. The van der Waals surface area contributed by atoms with E-state index in [0.29, 0.717) is 6.61 Å². The van der Waals surface area contributed by atoms with E-state index in [4.69, 9.17) is 16.5 Å². The Morgan fingerprint density at radius 2 is 2.27 bits per heavy atom. The zero-order valence-electron chi connectivity index (χ0n) is 8.70. The van der Waals surface area contributed by atoms with Crippen LogP contribution in [0.4, 0.5) is 0 Å². The summed E-state index contributed by atoms with van der Waals surface area (Å²) in [6.45, 7) is 0.427. The maximum absolute atomic E-state index is 6.29. The first-order valence-electron chi connectivity index (χ1n) is 5.16. The van der Waals surface area contributed by atoms with Crippen molar-refractivity contribution in [3.63, 3.8) is 0 Å². The molecule has 3 nitrogen and oxygen atoms in total. The lowest BCUT2D eigenvalue weighted by molar-refractivity contribution is 0.123. The molecule has 15 heavy (non-hydrogen) atoms. The van der Waals surface area contributed by atoms with E-state index in [2.05, 4.69) is 15.3 Å². The Balaban J connectivity index is 2.50. The van der Waals surface area contributed by atoms with Gasteiger partial charge in [0.1, 0.15) is 0 Å². The van der Waals surface area contributed by atoms with Crippen molar-refractivity contribution in [2.24, 2.45) is 11.6 Å². The Hall–Kier alpha value is -0.470. The van der Waals surface area contributed by atoms with Gasteiger partial charge in [-0.2, -0.15) is 0 Å². The van der Waals surface area contributed by atoms with Gasteiger partial charge in [-0.25, -0.2) is 5.90 Å². The normalized spacial score (nSPS) is 25.0. The van der Waals surface area contributed by atoms with Crippen LogP contribution >= 0.6 is 9.24 Å². The first-order valence-corrected chi connectivity index (χ1v) is 5.73. The Bertz CT molecular complexity index is 366. The number of rotatable bonds is 2. The Morgan fingerprint density at radius 3 is 3.00 bits per heavy atom. The van der Waals surface area contributed by atoms with Crippen LogP contribution in [-0.4, -0.2) is 0 Å². The highest BCUT2D eigenvalue weighted by molar-refractivity contribution is 7.18. The summed E-state index contributed by atoms with van der Waals surface area (Å²) in [7, 11) is 2.76. The van der Waals surface area contributed by atoms with Crippen LogP contribution in [0.25, 0.3) is 0 Å². The standard InChI is InChI=1S/C11H17N2OP/c12-11(15)6-2-5-8-3-1-4-9(7-14-13)10(8)11/h1,3-4H,2,5-7,12-13,15H2. The number of fused-ring (bicyclic) bond motifs is 1. The number of aryl methyl sites for hydroxylation is 1. The first-order chi connectivity index (χ1) is 7.15. The topological polar surface area (TPSA) is 61.3 Å². The lowest BCUT2D eigenvalue weighted by Gasteiger charge is -2.34. The summed E-state index contributed by atoms with van der Waals surface area (Å²) in [5, 5.41) is -0.317. The molecule has 2 atom stereocenters. The molecule has 0 fully saturated rings. The van der Waals surface area contributed by atoms with Gasteiger partial charge in [-0.05, 0) is 36.0 Å². The Morgan fingerprint density at radius 1 is 1.47 bits per heavy atom. The molecule has 0 bridgehead atoms. The first kappa shape index (κ1) is 11.0. The summed E-state index contributed by atoms with van der Waals surface area (Å²) in [5.74, 6) is 5.13. The van der Waals surface area contributed by atoms with Gasteiger partial charge >= 0.3 is 0 Å². The van der Waals surface area contributed by atoms with Gasteiger partial charge in [0.15, 0.2) is 0 Å². The summed E-state index contributed by atoms with van der Waals surface area (Å²) < 4.78 is 0. The average Bonchev–Trinajstić information content (AvgIpc) is 2.17. The quantitative estimate of drug-likeness (QED) is 0.589. The van der Waals surface area contributed by atoms with Crippen molar-refractivity contribution in [2.75, 3.05) is 0 Å². The lowest BCUT2D eigenvalue weighted by Crippen LogP contribution is -2.35. The second-order valence-corrected chi connectivity index (χ2v) is 5.19. The second-order valence-electron chi connectivity index (χ2n) is 4.16. The summed E-state index contributed by atoms with van der Waals surface area (Å²) >= 11 is 0. The van der Waals surface area contributed by atoms with Gasteiger partial charge < -0.3 is 5.73 Å². The van der Waals surface area contributed by atoms with Gasteiger partial charge in [0.05, 0.1) is 11.9 Å². The molecule has 2 unspecified atom stereocenters. The van der Waals surface area contributed by atoms with Crippen molar-refractivity contribution in [1.82, 2.24) is 0 Å². The van der Waals surface area contributed by atoms with E-state index in [0.717, 1.165) is 24.8 Å². The molecule has 1 aromatic rings. The van der Waals surface area contributed by atoms with Gasteiger partial charge in [-0.1, -0.05) is 18.2 Å². The van der Waals surface area contributed by atoms with Crippen LogP contribution in [0.1, 0.15) is 29.5 Å². The third kappa shape index (κ3) is 2.06. The van der Waals surface area contributed by atoms with Crippen LogP contribution in [0.15, 0.2) is 18.2 Å². The molecule has 4 N–H and O–H groups in total. The highest BCUT2D eigenvalue weighted by Crippen LogP contribution is 2.40. The monoisotopic (exact) mass is 224 g/mol. The van der Waals surface area contributed by atoms with Crippen LogP contribution in [-0.2, 0) is 23.1 Å². The third-order valence-electron chi connectivity index (χ3n) is 2.98. The van der Waals surface area contributed by atoms with Gasteiger partial charge in [-0.15, -0.1) is 9.24 Å². The van der Waals surface area contributed by atoms with Crippen LogP contribution in [0.5, 0.6) is 0 Å². The highest BCUT2D eigenvalue weighted by Gasteiger charge is 2.30. The van der Waals surface area contributed by atoms with E-state index in [9.17, 15) is 0 Å². The van der Waals surface area contributed by atoms with Crippen molar-refractivity contribution < 1.29 is 4.84 Å². The van der Waals surface area contributed by atoms with Gasteiger partial charge in [0, 0.05) is 0 Å². The maximum atomic E-state index is 6.29. The molecule has 1 aromatic carbocycles. The van der Waals surface area contributed by atoms with Gasteiger partial charge in [0.25, 0.3) is 0 Å². The molecular formula is C11H17N2OP. The number of hydrogen-bond acceptors (Lipinski definition) is 3. The van der Waals surface area contributed by atoms with E-state index >= 15 is 0 Å². The van der Waals surface area contributed by atoms with Crippen molar-refractivity contribution in [1.29, 1.82) is 0 Å². The lowest BCUT2D eigenvalue weighted by atomic mass is 9.84. The molecule has 0 radical (unpaired) electrons. The van der Waals surface area contributed by atoms with E-state index in [1.165, 1.54) is 11.1 Å². The van der Waals surface area contributed by atoms with Crippen LogP contribution in [0.3, 0.4) is 0 Å². The molecule has 1 aliphatic carbocycles. The predicted octanol–water partition coefficient (Wildman–Crippen LogP) is 1.40. The summed E-state index contributed by atoms with van der Waals surface area (Å²) in [4.78, 5) is 4.72. The van der Waals surface area contributed by atoms with Gasteiger partial charge in [-0.3, -0.25) is 4.84 Å². The summed E-state index contributed by atoms with van der Waals surface area (Å²) in [5.41, 5.74) is 9.92. The number of hydrogen-bond donors (Lipinski definition) is 2. The van der Waals surface area contributed by atoms with Crippen molar-refractivity contribution in [3.8, 4) is 0 Å². The molecule has 1 aliphatic rings. The van der Waals surface area contributed by atoms with Crippen molar-refractivity contribution in [2.45, 2.75) is 31.1 Å². The number of nitrogens with two attached hydrogens (primary N) is 2. The molecule has 0 aromatic heterocycles. The van der Waals surface area contributed by atoms with E-state index in [1.54, 1.807) is 0 Å². The minimum absolute atomic E-state index is 0.317. The van der Waals surface area contributed by atoms with Crippen molar-refractivity contribution in [3.05, 3.63) is 34.9 Å². The molecule has 2 rings (SSSR count). The molecule has 4 heteroatoms. The Kier molecular flexibility index (Phi) is 3.08. The minimum Gasteiger partial charge on any atom is -0.318 e. The van der Waals surface area contributed by atoms with Gasteiger partial charge in [0.2, 0.25) is 0 Å². The van der Waals surface area contributed by atoms with E-state index < -0.39 is 0 Å². The second kappa shape index (κ2) is 4.18. The van der Waals surface area contributed by atoms with Crippen LogP contribution in [0.2, 0.25) is 0 Å². The van der Waals surface area contributed by atoms with Crippen LogP contribution < -0.4 is 11.6 Å².